The van der Waals surface area contributed by atoms with Gasteiger partial charge in [-0.05, 0) is 66.6 Å². The molecule has 8 heteroatoms. The summed E-state index contributed by atoms with van der Waals surface area (Å²) in [5.41, 5.74) is 4.42. The van der Waals surface area contributed by atoms with Gasteiger partial charge in [-0.1, -0.05) is 18.2 Å². The molecule has 170 valence electrons. The first-order valence-corrected chi connectivity index (χ1v) is 10.0. The van der Waals surface area contributed by atoms with Crippen molar-refractivity contribution in [3.8, 4) is 23.0 Å². The molecular weight excluding hydrogens is 424 g/mol. The van der Waals surface area contributed by atoms with Crippen molar-refractivity contribution in [3.05, 3.63) is 83.4 Å². The number of rotatable bonds is 9. The molecule has 0 radical (unpaired) electrons. The van der Waals surface area contributed by atoms with Gasteiger partial charge in [0.1, 0.15) is 11.5 Å². The summed E-state index contributed by atoms with van der Waals surface area (Å²) in [6.45, 7) is 1.78. The summed E-state index contributed by atoms with van der Waals surface area (Å²) in [6, 6.07) is 19.0. The summed E-state index contributed by atoms with van der Waals surface area (Å²) in [6.07, 6.45) is 1.45. The lowest BCUT2D eigenvalue weighted by Gasteiger charge is -2.10. The number of hydrogen-bond donors (Lipinski definition) is 1. The molecule has 3 rings (SSSR count). The number of esters is 1. The molecule has 0 saturated heterocycles. The normalized spacial score (nSPS) is 10.5. The van der Waals surface area contributed by atoms with E-state index in [0.29, 0.717) is 28.4 Å². The third-order valence-corrected chi connectivity index (χ3v) is 4.46. The van der Waals surface area contributed by atoms with Gasteiger partial charge in [-0.15, -0.1) is 0 Å². The van der Waals surface area contributed by atoms with Gasteiger partial charge in [-0.2, -0.15) is 5.10 Å². The molecule has 0 unspecified atom stereocenters. The SMILES string of the molecule is COc1cccc(C(=O)Oc2ccc(/C=N\NC(=O)COc3cccc(C)c3)cc2OC)c1. The van der Waals surface area contributed by atoms with Crippen LogP contribution in [0.4, 0.5) is 0 Å². The van der Waals surface area contributed by atoms with Gasteiger partial charge in [0.05, 0.1) is 26.0 Å². The van der Waals surface area contributed by atoms with Crippen molar-refractivity contribution in [2.24, 2.45) is 5.10 Å². The van der Waals surface area contributed by atoms with E-state index in [1.807, 2.05) is 25.1 Å². The lowest BCUT2D eigenvalue weighted by Crippen LogP contribution is -2.24. The molecular formula is C25H24N2O6. The van der Waals surface area contributed by atoms with Crippen LogP contribution >= 0.6 is 0 Å². The second kappa shape index (κ2) is 11.3. The zero-order valence-electron chi connectivity index (χ0n) is 18.5. The molecule has 0 aromatic heterocycles. The highest BCUT2D eigenvalue weighted by atomic mass is 16.6. The van der Waals surface area contributed by atoms with Gasteiger partial charge in [0.15, 0.2) is 18.1 Å². The maximum absolute atomic E-state index is 12.4. The van der Waals surface area contributed by atoms with Gasteiger partial charge in [0, 0.05) is 0 Å². The summed E-state index contributed by atoms with van der Waals surface area (Å²) in [5.74, 6) is 0.799. The van der Waals surface area contributed by atoms with Crippen molar-refractivity contribution >= 4 is 18.1 Å². The number of amides is 1. The quantitative estimate of drug-likeness (QED) is 0.232. The monoisotopic (exact) mass is 448 g/mol. The first kappa shape index (κ1) is 23.3. The van der Waals surface area contributed by atoms with Gasteiger partial charge in [-0.3, -0.25) is 4.79 Å². The van der Waals surface area contributed by atoms with Gasteiger partial charge in [-0.25, -0.2) is 10.2 Å². The van der Waals surface area contributed by atoms with Crippen molar-refractivity contribution in [1.82, 2.24) is 5.43 Å². The lowest BCUT2D eigenvalue weighted by molar-refractivity contribution is -0.123. The maximum atomic E-state index is 12.4. The van der Waals surface area contributed by atoms with E-state index in [2.05, 4.69) is 10.5 Å². The molecule has 0 bridgehead atoms. The van der Waals surface area contributed by atoms with Crippen molar-refractivity contribution in [2.75, 3.05) is 20.8 Å². The Morgan fingerprint density at radius 3 is 2.45 bits per heavy atom. The summed E-state index contributed by atoms with van der Waals surface area (Å²) >= 11 is 0. The molecule has 3 aromatic carbocycles. The summed E-state index contributed by atoms with van der Waals surface area (Å²) in [7, 11) is 2.98. The second-order valence-corrected chi connectivity index (χ2v) is 6.93. The van der Waals surface area contributed by atoms with Gasteiger partial charge >= 0.3 is 5.97 Å². The molecule has 0 aliphatic rings. The Labute approximate surface area is 191 Å². The van der Waals surface area contributed by atoms with Crippen LogP contribution in [0.25, 0.3) is 0 Å². The topological polar surface area (TPSA) is 95.5 Å². The van der Waals surface area contributed by atoms with Gasteiger partial charge < -0.3 is 18.9 Å². The average molecular weight is 448 g/mol. The Kier molecular flexibility index (Phi) is 8.02. The molecule has 0 atom stereocenters. The number of aryl methyl sites for hydroxylation is 1. The van der Waals surface area contributed by atoms with E-state index in [1.165, 1.54) is 20.4 Å². The van der Waals surface area contributed by atoms with Crippen molar-refractivity contribution < 1.29 is 28.5 Å². The van der Waals surface area contributed by atoms with E-state index in [0.717, 1.165) is 5.56 Å². The van der Waals surface area contributed by atoms with E-state index in [-0.39, 0.29) is 12.4 Å². The smallest absolute Gasteiger partial charge is 0.343 e. The van der Waals surface area contributed by atoms with Crippen LogP contribution in [0.2, 0.25) is 0 Å². The molecule has 0 spiro atoms. The van der Waals surface area contributed by atoms with E-state index < -0.39 is 11.9 Å². The highest BCUT2D eigenvalue weighted by Crippen LogP contribution is 2.28. The zero-order valence-corrected chi connectivity index (χ0v) is 18.5. The number of methoxy groups -OCH3 is 2. The summed E-state index contributed by atoms with van der Waals surface area (Å²) in [4.78, 5) is 24.4. The number of ether oxygens (including phenoxy) is 4. The average Bonchev–Trinajstić information content (AvgIpc) is 2.83. The number of carbonyl (C=O) groups excluding carboxylic acids is 2. The van der Waals surface area contributed by atoms with E-state index in [1.54, 1.807) is 48.5 Å². The second-order valence-electron chi connectivity index (χ2n) is 6.93. The first-order valence-electron chi connectivity index (χ1n) is 10.0. The minimum atomic E-state index is -0.547. The van der Waals surface area contributed by atoms with Crippen LogP contribution in [0.1, 0.15) is 21.5 Å². The number of nitrogens with zero attached hydrogens (tertiary/aromatic N) is 1. The van der Waals surface area contributed by atoms with Crippen LogP contribution in [0.3, 0.4) is 0 Å². The third kappa shape index (κ3) is 6.83. The minimum absolute atomic E-state index is 0.163. The number of benzene rings is 3. The van der Waals surface area contributed by atoms with Crippen LogP contribution in [-0.4, -0.2) is 38.9 Å². The molecule has 0 saturated carbocycles. The first-order chi connectivity index (χ1) is 16.0. The molecule has 8 nitrogen and oxygen atoms in total. The van der Waals surface area contributed by atoms with E-state index in [4.69, 9.17) is 18.9 Å². The standard InChI is InChI=1S/C25H24N2O6/c1-17-6-4-9-21(12-17)32-16-24(28)27-26-15-18-10-11-22(23(13-18)31-3)33-25(29)19-7-5-8-20(14-19)30-2/h4-15H,16H2,1-3H3,(H,27,28)/b26-15-. The molecule has 0 aliphatic heterocycles. The number of hydrazone groups is 1. The fourth-order valence-corrected chi connectivity index (χ4v) is 2.82. The number of hydrogen-bond acceptors (Lipinski definition) is 7. The highest BCUT2D eigenvalue weighted by molar-refractivity contribution is 5.92. The van der Waals surface area contributed by atoms with Crippen LogP contribution in [0.5, 0.6) is 23.0 Å². The van der Waals surface area contributed by atoms with Gasteiger partial charge in [0.25, 0.3) is 5.91 Å². The molecule has 0 aliphatic carbocycles. The van der Waals surface area contributed by atoms with Crippen LogP contribution in [0, 0.1) is 6.92 Å². The predicted molar refractivity (Wildman–Crippen MR) is 123 cm³/mol. The van der Waals surface area contributed by atoms with E-state index in [9.17, 15) is 9.59 Å². The molecule has 3 aromatic rings. The number of nitrogens with one attached hydrogen (secondary N) is 1. The number of carbonyl (C=O) groups is 2. The Balaban J connectivity index is 1.57. The molecule has 1 amide bonds. The molecule has 33 heavy (non-hydrogen) atoms. The van der Waals surface area contributed by atoms with E-state index >= 15 is 0 Å². The molecule has 1 N–H and O–H groups in total. The maximum Gasteiger partial charge on any atom is 0.343 e. The summed E-state index contributed by atoms with van der Waals surface area (Å²) in [5, 5.41) is 3.92. The summed E-state index contributed by atoms with van der Waals surface area (Å²) < 4.78 is 21.3. The Hall–Kier alpha value is -4.33. The van der Waals surface area contributed by atoms with Crippen LogP contribution in [0.15, 0.2) is 71.8 Å². The zero-order chi connectivity index (χ0) is 23.6. The Bertz CT molecular complexity index is 1160. The fraction of sp³-hybridized carbons (Fsp3) is 0.160. The minimum Gasteiger partial charge on any atom is -0.497 e. The van der Waals surface area contributed by atoms with Crippen molar-refractivity contribution in [1.29, 1.82) is 0 Å². The highest BCUT2D eigenvalue weighted by Gasteiger charge is 2.13. The largest absolute Gasteiger partial charge is 0.497 e. The van der Waals surface area contributed by atoms with Crippen molar-refractivity contribution in [2.45, 2.75) is 6.92 Å². The molecule has 0 heterocycles. The van der Waals surface area contributed by atoms with Crippen molar-refractivity contribution in [3.63, 3.8) is 0 Å². The fourth-order valence-electron chi connectivity index (χ4n) is 2.82. The van der Waals surface area contributed by atoms with Gasteiger partial charge in [0.2, 0.25) is 0 Å². The Morgan fingerprint density at radius 2 is 1.70 bits per heavy atom. The predicted octanol–water partition coefficient (Wildman–Crippen LogP) is 3.76. The third-order valence-electron chi connectivity index (χ3n) is 4.46. The van der Waals surface area contributed by atoms with Crippen LogP contribution in [-0.2, 0) is 4.79 Å². The van der Waals surface area contributed by atoms with Crippen LogP contribution < -0.4 is 24.4 Å². The Morgan fingerprint density at radius 1 is 0.909 bits per heavy atom. The molecule has 0 fully saturated rings. The lowest BCUT2D eigenvalue weighted by atomic mass is 10.2.